The Balaban J connectivity index is 1.33. The van der Waals surface area contributed by atoms with Crippen LogP contribution in [0, 0.1) is 0 Å². The van der Waals surface area contributed by atoms with Gasteiger partial charge in [-0.2, -0.15) is 9.61 Å². The van der Waals surface area contributed by atoms with Gasteiger partial charge in [-0.05, 0) is 49.4 Å². The lowest BCUT2D eigenvalue weighted by atomic mass is 10.1. The number of rotatable bonds is 3. The number of hydrogen-bond acceptors (Lipinski definition) is 6. The number of benzene rings is 1. The van der Waals surface area contributed by atoms with Crippen molar-refractivity contribution in [3.05, 3.63) is 59.1 Å². The Hall–Kier alpha value is -2.77. The molecule has 2 bridgehead atoms. The van der Waals surface area contributed by atoms with Crippen LogP contribution in [-0.2, 0) is 6.42 Å². The molecule has 0 amide bonds. The first-order chi connectivity index (χ1) is 14.1. The van der Waals surface area contributed by atoms with Gasteiger partial charge in [0.15, 0.2) is 11.5 Å². The normalized spacial score (nSPS) is 21.7. The number of piperazine rings is 1. The Labute approximate surface area is 172 Å². The predicted octanol–water partition coefficient (Wildman–Crippen LogP) is 2.81. The van der Waals surface area contributed by atoms with E-state index in [2.05, 4.69) is 56.4 Å². The zero-order chi connectivity index (χ0) is 19.5. The number of nitrogens with zero attached hydrogens (tertiary/aromatic N) is 7. The maximum absolute atomic E-state index is 6.04. The lowest BCUT2D eigenvalue weighted by molar-refractivity contribution is 0.292. The van der Waals surface area contributed by atoms with Gasteiger partial charge < -0.3 is 4.90 Å². The van der Waals surface area contributed by atoms with Gasteiger partial charge in [0, 0.05) is 37.0 Å². The molecule has 0 aliphatic carbocycles. The van der Waals surface area contributed by atoms with E-state index in [0.717, 1.165) is 35.4 Å². The topological polar surface area (TPSA) is 62.5 Å². The summed E-state index contributed by atoms with van der Waals surface area (Å²) >= 11 is 6.04. The minimum Gasteiger partial charge on any atom is -0.364 e. The second-order valence-corrected chi connectivity index (χ2v) is 8.46. The van der Waals surface area contributed by atoms with E-state index in [9.17, 15) is 0 Å². The van der Waals surface area contributed by atoms with E-state index in [4.69, 9.17) is 16.6 Å². The summed E-state index contributed by atoms with van der Waals surface area (Å²) in [6, 6.07) is 13.4. The molecule has 0 radical (unpaired) electrons. The summed E-state index contributed by atoms with van der Waals surface area (Å²) in [6.07, 6.45) is 3.90. The third kappa shape index (κ3) is 2.84. The SMILES string of the molecule is CN1C[C@@H]2C[C@H]1CN2c1cnc2ccc(Cc3nnc4ccc(Cl)nn34)cc2c1. The Morgan fingerprint density at radius 3 is 2.83 bits per heavy atom. The van der Waals surface area contributed by atoms with Crippen molar-refractivity contribution in [1.82, 2.24) is 29.7 Å². The third-order valence-electron chi connectivity index (χ3n) is 6.23. The Morgan fingerprint density at radius 2 is 2.00 bits per heavy atom. The summed E-state index contributed by atoms with van der Waals surface area (Å²) in [5.41, 5.74) is 4.07. The molecule has 1 aromatic carbocycles. The van der Waals surface area contributed by atoms with Crippen LogP contribution < -0.4 is 4.90 Å². The summed E-state index contributed by atoms with van der Waals surface area (Å²) in [5.74, 6) is 0.769. The van der Waals surface area contributed by atoms with Crippen LogP contribution in [0.3, 0.4) is 0 Å². The second-order valence-electron chi connectivity index (χ2n) is 8.07. The van der Waals surface area contributed by atoms with Crippen LogP contribution in [0.4, 0.5) is 5.69 Å². The van der Waals surface area contributed by atoms with E-state index < -0.39 is 0 Å². The highest BCUT2D eigenvalue weighted by atomic mass is 35.5. The molecule has 2 atom stereocenters. The molecule has 0 unspecified atom stereocenters. The second kappa shape index (κ2) is 6.37. The molecule has 2 fully saturated rings. The van der Waals surface area contributed by atoms with Crippen LogP contribution >= 0.6 is 11.6 Å². The number of likely N-dealkylation sites (N-methyl/N-ethyl adjacent to an activating group) is 1. The number of pyridine rings is 1. The van der Waals surface area contributed by atoms with Crippen molar-refractivity contribution in [1.29, 1.82) is 0 Å². The molecule has 2 saturated heterocycles. The number of anilines is 1. The van der Waals surface area contributed by atoms with Crippen LogP contribution in [-0.4, -0.2) is 61.9 Å². The highest BCUT2D eigenvalue weighted by molar-refractivity contribution is 6.29. The van der Waals surface area contributed by atoms with Crippen molar-refractivity contribution in [2.24, 2.45) is 0 Å². The highest BCUT2D eigenvalue weighted by Crippen LogP contribution is 2.34. The molecule has 5 heterocycles. The van der Waals surface area contributed by atoms with Gasteiger partial charge in [-0.3, -0.25) is 9.88 Å². The molecule has 7 nitrogen and oxygen atoms in total. The zero-order valence-corrected chi connectivity index (χ0v) is 16.8. The van der Waals surface area contributed by atoms with Gasteiger partial charge in [0.25, 0.3) is 0 Å². The molecular weight excluding hydrogens is 386 g/mol. The van der Waals surface area contributed by atoms with E-state index in [1.165, 1.54) is 12.1 Å². The average molecular weight is 406 g/mol. The van der Waals surface area contributed by atoms with Gasteiger partial charge in [0.1, 0.15) is 5.15 Å². The van der Waals surface area contributed by atoms with Gasteiger partial charge in [-0.25, -0.2) is 0 Å². The number of fused-ring (bicyclic) bond motifs is 4. The van der Waals surface area contributed by atoms with Crippen molar-refractivity contribution >= 4 is 33.8 Å². The first-order valence-corrected chi connectivity index (χ1v) is 10.2. The zero-order valence-electron chi connectivity index (χ0n) is 16.0. The van der Waals surface area contributed by atoms with Crippen LogP contribution in [0.5, 0.6) is 0 Å². The molecule has 6 rings (SSSR count). The van der Waals surface area contributed by atoms with Gasteiger partial charge in [0.2, 0.25) is 0 Å². The van der Waals surface area contributed by atoms with Gasteiger partial charge in [0.05, 0.1) is 17.4 Å². The largest absolute Gasteiger partial charge is 0.364 e. The molecule has 2 aliphatic heterocycles. The van der Waals surface area contributed by atoms with Gasteiger partial charge in [-0.1, -0.05) is 17.7 Å². The number of likely N-dealkylation sites (tertiary alicyclic amines) is 1. The smallest absolute Gasteiger partial charge is 0.178 e. The lowest BCUT2D eigenvalue weighted by Gasteiger charge is -2.33. The number of aromatic nitrogens is 5. The quantitative estimate of drug-likeness (QED) is 0.522. The fraction of sp³-hybridized carbons (Fsp3) is 0.333. The first-order valence-electron chi connectivity index (χ1n) is 9.86. The van der Waals surface area contributed by atoms with Crippen LogP contribution in [0.1, 0.15) is 17.8 Å². The van der Waals surface area contributed by atoms with Crippen LogP contribution in [0.2, 0.25) is 5.15 Å². The monoisotopic (exact) mass is 405 g/mol. The summed E-state index contributed by atoms with van der Waals surface area (Å²) in [6.45, 7) is 2.23. The van der Waals surface area contributed by atoms with E-state index in [-0.39, 0.29) is 0 Å². The van der Waals surface area contributed by atoms with Crippen molar-refractivity contribution in [2.75, 3.05) is 25.0 Å². The van der Waals surface area contributed by atoms with E-state index in [1.807, 2.05) is 12.3 Å². The fourth-order valence-electron chi connectivity index (χ4n) is 4.72. The maximum atomic E-state index is 6.04. The van der Waals surface area contributed by atoms with E-state index >= 15 is 0 Å². The lowest BCUT2D eigenvalue weighted by Crippen LogP contribution is -2.44. The molecule has 146 valence electrons. The van der Waals surface area contributed by atoms with E-state index in [0.29, 0.717) is 29.3 Å². The highest BCUT2D eigenvalue weighted by Gasteiger charge is 2.41. The molecule has 0 N–H and O–H groups in total. The molecule has 8 heteroatoms. The summed E-state index contributed by atoms with van der Waals surface area (Å²) in [7, 11) is 2.23. The fourth-order valence-corrected chi connectivity index (χ4v) is 4.86. The molecule has 3 aromatic heterocycles. The van der Waals surface area contributed by atoms with Crippen LogP contribution in [0.25, 0.3) is 16.6 Å². The van der Waals surface area contributed by atoms with Gasteiger partial charge in [-0.15, -0.1) is 10.2 Å². The minimum atomic E-state index is 0.427. The van der Waals surface area contributed by atoms with Crippen molar-refractivity contribution in [2.45, 2.75) is 24.9 Å². The number of halogens is 1. The number of hydrogen-bond donors (Lipinski definition) is 0. The molecule has 2 aliphatic rings. The average Bonchev–Trinajstić information content (AvgIpc) is 3.41. The van der Waals surface area contributed by atoms with Crippen LogP contribution in [0.15, 0.2) is 42.6 Å². The van der Waals surface area contributed by atoms with Crippen molar-refractivity contribution < 1.29 is 0 Å². The standard InChI is InChI=1S/C21H20ClN7/c1-27-11-17-9-16(27)12-28(17)15-8-14-6-13(2-3-18(14)23-10-15)7-21-25-24-20-5-4-19(22)26-29(20)21/h2-6,8,10,16-17H,7,9,11-12H2,1H3/t16-,17-/m0/s1. The third-order valence-corrected chi connectivity index (χ3v) is 6.44. The molecule has 29 heavy (non-hydrogen) atoms. The van der Waals surface area contributed by atoms with Crippen molar-refractivity contribution in [3.63, 3.8) is 0 Å². The van der Waals surface area contributed by atoms with E-state index in [1.54, 1.807) is 10.6 Å². The minimum absolute atomic E-state index is 0.427. The predicted molar refractivity (Wildman–Crippen MR) is 113 cm³/mol. The summed E-state index contributed by atoms with van der Waals surface area (Å²) in [4.78, 5) is 9.69. The Morgan fingerprint density at radius 1 is 1.07 bits per heavy atom. The molecule has 0 saturated carbocycles. The Bertz CT molecular complexity index is 1230. The first kappa shape index (κ1) is 17.1. The molecular formula is C21H20ClN7. The molecule has 0 spiro atoms. The summed E-state index contributed by atoms with van der Waals surface area (Å²) < 4.78 is 1.71. The van der Waals surface area contributed by atoms with Crippen molar-refractivity contribution in [3.8, 4) is 0 Å². The maximum Gasteiger partial charge on any atom is 0.178 e. The summed E-state index contributed by atoms with van der Waals surface area (Å²) in [5, 5.41) is 14.4. The Kier molecular flexibility index (Phi) is 3.76. The molecule has 4 aromatic rings. The van der Waals surface area contributed by atoms with Gasteiger partial charge >= 0.3 is 0 Å².